The molecule has 3 heteroatoms. The van der Waals surface area contributed by atoms with Crippen molar-refractivity contribution < 1.29 is 4.74 Å². The Morgan fingerprint density at radius 1 is 1.23 bits per heavy atom. The van der Waals surface area contributed by atoms with Crippen LogP contribution in [0.5, 0.6) is 0 Å². The summed E-state index contributed by atoms with van der Waals surface area (Å²) in [6.45, 7) is 0. The van der Waals surface area contributed by atoms with Crippen LogP contribution in [0.15, 0.2) is 41.6 Å². The zero-order valence-electron chi connectivity index (χ0n) is 6.85. The summed E-state index contributed by atoms with van der Waals surface area (Å²) in [6, 6.07) is 7.47. The average molecular weight is 194 g/mol. The van der Waals surface area contributed by atoms with E-state index < -0.39 is 0 Å². The van der Waals surface area contributed by atoms with E-state index in [1.807, 2.05) is 24.3 Å². The lowest BCUT2D eigenvalue weighted by Crippen LogP contribution is -2.00. The molecule has 1 atom stereocenters. The van der Waals surface area contributed by atoms with Crippen molar-refractivity contribution in [3.8, 4) is 0 Å². The number of hydrogen-bond acceptors (Lipinski definition) is 2. The summed E-state index contributed by atoms with van der Waals surface area (Å²) in [6.07, 6.45) is 4.89. The highest BCUT2D eigenvalue weighted by molar-refractivity contribution is 6.30. The van der Waals surface area contributed by atoms with Crippen molar-refractivity contribution in [1.82, 2.24) is 0 Å². The van der Waals surface area contributed by atoms with Crippen LogP contribution in [0.1, 0.15) is 11.8 Å². The van der Waals surface area contributed by atoms with Gasteiger partial charge in [0.15, 0.2) is 0 Å². The average Bonchev–Trinajstić information content (AvgIpc) is 2.20. The summed E-state index contributed by atoms with van der Waals surface area (Å²) >= 11 is 5.76. The predicted molar refractivity (Wildman–Crippen MR) is 52.9 cm³/mol. The van der Waals surface area contributed by atoms with Gasteiger partial charge in [-0.3, -0.25) is 0 Å². The van der Waals surface area contributed by atoms with Crippen LogP contribution < -0.4 is 0 Å². The van der Waals surface area contributed by atoms with Crippen LogP contribution in [0.25, 0.3) is 0 Å². The molecule has 1 unspecified atom stereocenters. The molecule has 0 radical (unpaired) electrons. The second-order valence-electron chi connectivity index (χ2n) is 2.67. The molecular weight excluding hydrogens is 186 g/mol. The Morgan fingerprint density at radius 2 is 2.00 bits per heavy atom. The van der Waals surface area contributed by atoms with Gasteiger partial charge in [-0.1, -0.05) is 23.7 Å². The summed E-state index contributed by atoms with van der Waals surface area (Å²) in [5, 5.41) is 0.721. The third kappa shape index (κ3) is 1.90. The van der Waals surface area contributed by atoms with E-state index in [9.17, 15) is 0 Å². The Labute approximate surface area is 81.5 Å². The van der Waals surface area contributed by atoms with E-state index in [0.29, 0.717) is 0 Å². The second-order valence-corrected chi connectivity index (χ2v) is 3.10. The lowest BCUT2D eigenvalue weighted by Gasteiger charge is -2.14. The lowest BCUT2D eigenvalue weighted by molar-refractivity contribution is 0.152. The van der Waals surface area contributed by atoms with Gasteiger partial charge in [-0.05, 0) is 18.2 Å². The van der Waals surface area contributed by atoms with Crippen molar-refractivity contribution in [3.05, 3.63) is 47.2 Å². The highest BCUT2D eigenvalue weighted by Gasteiger charge is 2.09. The van der Waals surface area contributed by atoms with Gasteiger partial charge in [-0.2, -0.15) is 0 Å². The lowest BCUT2D eigenvalue weighted by atomic mass is 10.2. The first-order chi connectivity index (χ1) is 6.36. The van der Waals surface area contributed by atoms with E-state index >= 15 is 0 Å². The van der Waals surface area contributed by atoms with E-state index in [0.717, 1.165) is 10.6 Å². The highest BCUT2D eigenvalue weighted by atomic mass is 35.5. The standard InChI is InChI=1S/C10H8ClNO/c11-9-4-2-8(3-5-9)10-12-6-1-7-13-10/h1-7,10H. The van der Waals surface area contributed by atoms with Crippen LogP contribution in [-0.2, 0) is 4.74 Å². The molecule has 66 valence electrons. The van der Waals surface area contributed by atoms with Gasteiger partial charge in [0, 0.05) is 16.8 Å². The van der Waals surface area contributed by atoms with E-state index in [1.165, 1.54) is 0 Å². The number of ether oxygens (including phenoxy) is 1. The first-order valence-electron chi connectivity index (χ1n) is 3.95. The molecule has 1 aromatic rings. The fraction of sp³-hybridized carbons (Fsp3) is 0.100. The van der Waals surface area contributed by atoms with Crippen LogP contribution in [0.2, 0.25) is 5.02 Å². The molecule has 0 saturated carbocycles. The number of nitrogens with zero attached hydrogens (tertiary/aromatic N) is 1. The summed E-state index contributed by atoms with van der Waals surface area (Å²) < 4.78 is 5.28. The number of halogens is 1. The van der Waals surface area contributed by atoms with Crippen LogP contribution in [-0.4, -0.2) is 6.21 Å². The summed E-state index contributed by atoms with van der Waals surface area (Å²) in [7, 11) is 0. The molecule has 0 aromatic heterocycles. The zero-order chi connectivity index (χ0) is 9.10. The number of aliphatic imine (C=N–C) groups is 1. The van der Waals surface area contributed by atoms with Gasteiger partial charge < -0.3 is 4.74 Å². The van der Waals surface area contributed by atoms with Crippen LogP contribution in [0, 0.1) is 0 Å². The van der Waals surface area contributed by atoms with Crippen LogP contribution in [0.3, 0.4) is 0 Å². The molecule has 1 heterocycles. The quantitative estimate of drug-likeness (QED) is 0.672. The molecule has 1 aliphatic heterocycles. The minimum absolute atomic E-state index is 0.220. The fourth-order valence-electron chi connectivity index (χ4n) is 1.11. The minimum atomic E-state index is -0.220. The van der Waals surface area contributed by atoms with Gasteiger partial charge >= 0.3 is 0 Å². The minimum Gasteiger partial charge on any atom is -0.472 e. The molecule has 2 nitrogen and oxygen atoms in total. The van der Waals surface area contributed by atoms with Gasteiger partial charge in [-0.25, -0.2) is 4.99 Å². The Bertz CT molecular complexity index is 342. The third-order valence-corrected chi connectivity index (χ3v) is 2.00. The second kappa shape index (κ2) is 3.62. The first-order valence-corrected chi connectivity index (χ1v) is 4.33. The molecule has 0 spiro atoms. The van der Waals surface area contributed by atoms with Gasteiger partial charge in [0.2, 0.25) is 6.23 Å². The predicted octanol–water partition coefficient (Wildman–Crippen LogP) is 2.95. The smallest absolute Gasteiger partial charge is 0.214 e. The summed E-state index contributed by atoms with van der Waals surface area (Å²) in [4.78, 5) is 4.15. The van der Waals surface area contributed by atoms with Gasteiger partial charge in [0.05, 0.1) is 6.26 Å². The first kappa shape index (κ1) is 8.32. The number of hydrogen-bond donors (Lipinski definition) is 0. The highest BCUT2D eigenvalue weighted by Crippen LogP contribution is 2.22. The van der Waals surface area contributed by atoms with Crippen LogP contribution >= 0.6 is 11.6 Å². The van der Waals surface area contributed by atoms with Crippen molar-refractivity contribution >= 4 is 17.8 Å². The van der Waals surface area contributed by atoms with Crippen molar-refractivity contribution in [1.29, 1.82) is 0 Å². The largest absolute Gasteiger partial charge is 0.472 e. The van der Waals surface area contributed by atoms with Crippen molar-refractivity contribution in [3.63, 3.8) is 0 Å². The number of rotatable bonds is 1. The molecule has 0 N–H and O–H groups in total. The molecule has 0 saturated heterocycles. The fourth-order valence-corrected chi connectivity index (χ4v) is 1.24. The SMILES string of the molecule is Clc1ccc(C2N=CC=CO2)cc1. The molecule has 0 aliphatic carbocycles. The van der Waals surface area contributed by atoms with E-state index in [2.05, 4.69) is 4.99 Å². The Hall–Kier alpha value is -1.28. The molecular formula is C10H8ClNO. The normalized spacial score (nSPS) is 19.9. The van der Waals surface area contributed by atoms with Gasteiger partial charge in [0.25, 0.3) is 0 Å². The maximum Gasteiger partial charge on any atom is 0.214 e. The molecule has 13 heavy (non-hydrogen) atoms. The Kier molecular flexibility index (Phi) is 2.32. The molecule has 1 aliphatic rings. The third-order valence-electron chi connectivity index (χ3n) is 1.75. The molecule has 2 rings (SSSR count). The maximum atomic E-state index is 5.76. The summed E-state index contributed by atoms with van der Waals surface area (Å²) in [5.41, 5.74) is 1.00. The number of benzene rings is 1. The van der Waals surface area contributed by atoms with Gasteiger partial charge in [0.1, 0.15) is 0 Å². The molecule has 0 amide bonds. The van der Waals surface area contributed by atoms with E-state index in [1.54, 1.807) is 18.6 Å². The Morgan fingerprint density at radius 3 is 2.62 bits per heavy atom. The van der Waals surface area contributed by atoms with Gasteiger partial charge in [-0.15, -0.1) is 0 Å². The van der Waals surface area contributed by atoms with E-state index in [4.69, 9.17) is 16.3 Å². The molecule has 0 fully saturated rings. The van der Waals surface area contributed by atoms with E-state index in [-0.39, 0.29) is 6.23 Å². The zero-order valence-corrected chi connectivity index (χ0v) is 7.61. The van der Waals surface area contributed by atoms with Crippen molar-refractivity contribution in [2.24, 2.45) is 4.99 Å². The van der Waals surface area contributed by atoms with Crippen LogP contribution in [0.4, 0.5) is 0 Å². The molecule has 0 bridgehead atoms. The topological polar surface area (TPSA) is 21.6 Å². The van der Waals surface area contributed by atoms with Crippen molar-refractivity contribution in [2.75, 3.05) is 0 Å². The molecule has 1 aromatic carbocycles. The number of allylic oxidation sites excluding steroid dienone is 1. The monoisotopic (exact) mass is 193 g/mol. The summed E-state index contributed by atoms with van der Waals surface area (Å²) in [5.74, 6) is 0. The van der Waals surface area contributed by atoms with Crippen molar-refractivity contribution in [2.45, 2.75) is 6.23 Å². The Balaban J connectivity index is 2.21. The maximum absolute atomic E-state index is 5.76.